The highest BCUT2D eigenvalue weighted by Gasteiger charge is 2.11. The lowest BCUT2D eigenvalue weighted by Crippen LogP contribution is -3.00. The minimum atomic E-state index is -0.864. The number of amidine groups is 1. The molecular weight excluding hydrogens is 204 g/mol. The zero-order valence-corrected chi connectivity index (χ0v) is 8.06. The summed E-state index contributed by atoms with van der Waals surface area (Å²) in [6, 6.07) is -0.160. The van der Waals surface area contributed by atoms with E-state index in [-0.39, 0.29) is 18.4 Å². The third kappa shape index (κ3) is 7.49. The second-order valence-corrected chi connectivity index (χ2v) is 2.75. The normalized spacial score (nSPS) is 11.1. The fourth-order valence-corrected chi connectivity index (χ4v) is 0.826. The number of hydrogen-bond acceptors (Lipinski definition) is 3. The molecule has 0 aliphatic rings. The number of hydrogen-bond donors (Lipinski definition) is 3. The number of aliphatic carboxylic acids is 1. The number of carboxylic acid groups (broad SMARTS) is 1. The highest BCUT2D eigenvalue weighted by molar-refractivity contribution is 7.95. The van der Waals surface area contributed by atoms with Gasteiger partial charge in [0, 0.05) is 5.75 Å². The van der Waals surface area contributed by atoms with Crippen LogP contribution in [0.25, 0.3) is 0 Å². The van der Waals surface area contributed by atoms with Gasteiger partial charge in [-0.05, 0) is 0 Å². The molecule has 72 valence electrons. The summed E-state index contributed by atoms with van der Waals surface area (Å²) in [6.07, 6.45) is 0. The molecule has 0 spiro atoms. The van der Waals surface area contributed by atoms with Crippen LogP contribution in [-0.2, 0) is 8.98 Å². The average Bonchev–Trinajstić information content (AvgIpc) is 1.86. The SMILES string of the molecule is CC(CSOC(N)=[NH2+])C(=O)O.[Cl-]. The Labute approximate surface area is 80.8 Å². The fourth-order valence-electron chi connectivity index (χ4n) is 0.275. The van der Waals surface area contributed by atoms with Gasteiger partial charge in [-0.2, -0.15) is 0 Å². The van der Waals surface area contributed by atoms with E-state index in [1.165, 1.54) is 0 Å². The van der Waals surface area contributed by atoms with Gasteiger partial charge < -0.3 is 21.7 Å². The van der Waals surface area contributed by atoms with Crippen LogP contribution < -0.4 is 23.5 Å². The largest absolute Gasteiger partial charge is 1.00 e. The molecule has 0 aromatic carbocycles. The molecule has 12 heavy (non-hydrogen) atoms. The van der Waals surface area contributed by atoms with Crippen molar-refractivity contribution in [2.24, 2.45) is 11.7 Å². The van der Waals surface area contributed by atoms with Crippen LogP contribution >= 0.6 is 12.0 Å². The third-order valence-corrected chi connectivity index (χ3v) is 1.84. The molecule has 5 nitrogen and oxygen atoms in total. The second-order valence-electron chi connectivity index (χ2n) is 2.01. The lowest BCUT2D eigenvalue weighted by molar-refractivity contribution is -0.140. The van der Waals surface area contributed by atoms with Crippen molar-refractivity contribution >= 4 is 24.0 Å². The zero-order chi connectivity index (χ0) is 8.85. The Balaban J connectivity index is 0. The molecular formula is C5H11ClN2O3S. The van der Waals surface area contributed by atoms with Gasteiger partial charge in [0.2, 0.25) is 0 Å². The molecule has 0 bridgehead atoms. The Morgan fingerprint density at radius 2 is 2.33 bits per heavy atom. The standard InChI is InChI=1S/C5H10N2O3S.ClH/c1-3(4(8)9)2-11-10-5(6)7;/h3H,2H2,1H3,(H3,6,7)(H,8,9);1H. The van der Waals surface area contributed by atoms with E-state index < -0.39 is 11.9 Å². The first-order valence-corrected chi connectivity index (χ1v) is 3.85. The number of carbonyl (C=O) groups is 1. The molecule has 0 aliphatic heterocycles. The number of carboxylic acids is 1. The summed E-state index contributed by atoms with van der Waals surface area (Å²) in [5.41, 5.74) is 4.96. The Morgan fingerprint density at radius 1 is 1.83 bits per heavy atom. The molecule has 0 saturated carbocycles. The number of halogens is 1. The van der Waals surface area contributed by atoms with Crippen molar-refractivity contribution in [1.29, 1.82) is 0 Å². The third-order valence-electron chi connectivity index (χ3n) is 0.895. The summed E-state index contributed by atoms with van der Waals surface area (Å²) in [7, 11) is 0. The van der Waals surface area contributed by atoms with E-state index in [2.05, 4.69) is 4.18 Å². The van der Waals surface area contributed by atoms with Crippen LogP contribution in [-0.4, -0.2) is 22.9 Å². The molecule has 0 amide bonds. The summed E-state index contributed by atoms with van der Waals surface area (Å²) >= 11 is 0.930. The molecule has 0 rings (SSSR count). The van der Waals surface area contributed by atoms with Crippen LogP contribution in [0.15, 0.2) is 0 Å². The highest BCUT2D eigenvalue weighted by atomic mass is 35.5. The van der Waals surface area contributed by atoms with Crippen LogP contribution in [0, 0.1) is 5.92 Å². The predicted molar refractivity (Wildman–Crippen MR) is 41.5 cm³/mol. The monoisotopic (exact) mass is 214 g/mol. The van der Waals surface area contributed by atoms with Gasteiger partial charge in [0.25, 0.3) is 0 Å². The summed E-state index contributed by atoms with van der Waals surface area (Å²) in [6.45, 7) is 1.57. The van der Waals surface area contributed by atoms with E-state index in [1.54, 1.807) is 6.92 Å². The maximum Gasteiger partial charge on any atom is 0.449 e. The first-order valence-electron chi connectivity index (χ1n) is 2.94. The fraction of sp³-hybridized carbons (Fsp3) is 0.600. The van der Waals surface area contributed by atoms with Gasteiger partial charge in [0.1, 0.15) is 0 Å². The van der Waals surface area contributed by atoms with Crippen LogP contribution in [0.3, 0.4) is 0 Å². The zero-order valence-electron chi connectivity index (χ0n) is 6.49. The number of nitrogens with two attached hydrogens (primary N) is 2. The van der Waals surface area contributed by atoms with E-state index in [9.17, 15) is 4.79 Å². The molecule has 0 aromatic heterocycles. The van der Waals surface area contributed by atoms with Gasteiger partial charge in [-0.1, -0.05) is 6.92 Å². The van der Waals surface area contributed by atoms with Gasteiger partial charge >= 0.3 is 12.0 Å². The molecule has 5 N–H and O–H groups in total. The topological polar surface area (TPSA) is 98.1 Å². The maximum absolute atomic E-state index is 10.2. The minimum absolute atomic E-state index is 0. The molecule has 1 atom stereocenters. The molecule has 0 aliphatic carbocycles. The van der Waals surface area contributed by atoms with Gasteiger partial charge in [-0.3, -0.25) is 15.9 Å². The van der Waals surface area contributed by atoms with Gasteiger partial charge in [0.15, 0.2) is 0 Å². The van der Waals surface area contributed by atoms with Gasteiger partial charge in [-0.15, -0.1) is 0 Å². The van der Waals surface area contributed by atoms with Crippen molar-refractivity contribution < 1.29 is 31.9 Å². The van der Waals surface area contributed by atoms with Crippen LogP contribution in [0.1, 0.15) is 6.92 Å². The summed E-state index contributed by atoms with van der Waals surface area (Å²) in [5, 5.41) is 13.4. The lowest BCUT2D eigenvalue weighted by Gasteiger charge is -2.02. The molecule has 1 unspecified atom stereocenters. The van der Waals surface area contributed by atoms with Crippen molar-refractivity contribution in [3.63, 3.8) is 0 Å². The van der Waals surface area contributed by atoms with E-state index >= 15 is 0 Å². The Kier molecular flexibility index (Phi) is 8.19. The Morgan fingerprint density at radius 3 is 2.67 bits per heavy atom. The molecule has 0 fully saturated rings. The average molecular weight is 215 g/mol. The lowest BCUT2D eigenvalue weighted by atomic mass is 10.2. The quantitative estimate of drug-likeness (QED) is 0.249. The first kappa shape index (κ1) is 13.9. The molecule has 0 saturated heterocycles. The van der Waals surface area contributed by atoms with Crippen molar-refractivity contribution in [2.75, 3.05) is 5.75 Å². The molecule has 0 heterocycles. The van der Waals surface area contributed by atoms with Crippen molar-refractivity contribution in [1.82, 2.24) is 0 Å². The second kappa shape index (κ2) is 7.05. The van der Waals surface area contributed by atoms with Crippen LogP contribution in [0.5, 0.6) is 0 Å². The van der Waals surface area contributed by atoms with E-state index in [0.717, 1.165) is 12.0 Å². The van der Waals surface area contributed by atoms with Crippen molar-refractivity contribution in [3.8, 4) is 0 Å². The van der Waals surface area contributed by atoms with Gasteiger partial charge in [-0.25, -0.2) is 0 Å². The Hall–Kier alpha value is -0.620. The summed E-state index contributed by atoms with van der Waals surface area (Å²) in [4.78, 5) is 10.2. The van der Waals surface area contributed by atoms with E-state index in [1.807, 2.05) is 0 Å². The smallest absolute Gasteiger partial charge is 0.449 e. The minimum Gasteiger partial charge on any atom is -1.00 e. The van der Waals surface area contributed by atoms with Crippen molar-refractivity contribution in [3.05, 3.63) is 0 Å². The maximum atomic E-state index is 10.2. The molecule has 7 heteroatoms. The molecule has 0 radical (unpaired) electrons. The predicted octanol–water partition coefficient (Wildman–Crippen LogP) is -4.55. The van der Waals surface area contributed by atoms with Crippen molar-refractivity contribution in [2.45, 2.75) is 6.92 Å². The van der Waals surface area contributed by atoms with Crippen LogP contribution in [0.2, 0.25) is 0 Å². The summed E-state index contributed by atoms with van der Waals surface area (Å²) < 4.78 is 4.59. The summed E-state index contributed by atoms with van der Waals surface area (Å²) in [5.74, 6) is -0.996. The number of rotatable bonds is 4. The first-order chi connectivity index (χ1) is 5.04. The molecule has 0 aromatic rings. The van der Waals surface area contributed by atoms with E-state index in [0.29, 0.717) is 5.75 Å². The van der Waals surface area contributed by atoms with E-state index in [4.69, 9.17) is 16.2 Å². The Bertz CT molecular complexity index is 167. The van der Waals surface area contributed by atoms with Crippen LogP contribution in [0.4, 0.5) is 0 Å². The van der Waals surface area contributed by atoms with Gasteiger partial charge in [0.05, 0.1) is 18.0 Å². The highest BCUT2D eigenvalue weighted by Crippen LogP contribution is 2.08.